The number of amides is 1. The number of thioether (sulfide) groups is 1. The topological polar surface area (TPSA) is 20.3 Å². The number of anilines is 1. The Balaban J connectivity index is 1.66. The second-order valence-corrected chi connectivity index (χ2v) is 9.19. The maximum absolute atomic E-state index is 13.3. The molecule has 4 heteroatoms. The fourth-order valence-electron chi connectivity index (χ4n) is 3.89. The highest BCUT2D eigenvalue weighted by atomic mass is 32.2. The first kappa shape index (κ1) is 19.0. The van der Waals surface area contributed by atoms with Gasteiger partial charge < -0.3 is 0 Å². The van der Waals surface area contributed by atoms with Crippen LogP contribution in [0.2, 0.25) is 0 Å². The van der Waals surface area contributed by atoms with Gasteiger partial charge >= 0.3 is 0 Å². The minimum Gasteiger partial charge on any atom is -0.268 e. The average molecular weight is 426 g/mol. The number of hydrogen-bond donors (Lipinski definition) is 0. The number of rotatable bonds is 2. The molecule has 1 fully saturated rings. The van der Waals surface area contributed by atoms with Gasteiger partial charge in [-0.25, -0.2) is 0 Å². The highest BCUT2D eigenvalue weighted by molar-refractivity contribution is 8.27. The van der Waals surface area contributed by atoms with Crippen LogP contribution in [0.5, 0.6) is 0 Å². The molecule has 0 atom stereocenters. The summed E-state index contributed by atoms with van der Waals surface area (Å²) in [6.45, 7) is 4.11. The molecular weight excluding hydrogens is 406 g/mol. The quantitative estimate of drug-likeness (QED) is 0.196. The molecule has 0 bridgehead atoms. The Morgan fingerprint density at radius 1 is 0.833 bits per heavy atom. The highest BCUT2D eigenvalue weighted by Crippen LogP contribution is 2.39. The molecule has 2 nitrogen and oxygen atoms in total. The second-order valence-electron chi connectivity index (χ2n) is 7.52. The zero-order chi connectivity index (χ0) is 20.8. The van der Waals surface area contributed by atoms with Gasteiger partial charge in [0.05, 0.1) is 10.6 Å². The van der Waals surface area contributed by atoms with Crippen molar-refractivity contribution >= 4 is 67.5 Å². The summed E-state index contributed by atoms with van der Waals surface area (Å²) < 4.78 is 0.569. The monoisotopic (exact) mass is 425 g/mol. The third-order valence-electron chi connectivity index (χ3n) is 5.63. The minimum absolute atomic E-state index is 0.0646. The van der Waals surface area contributed by atoms with Crippen LogP contribution >= 0.6 is 24.0 Å². The van der Waals surface area contributed by atoms with E-state index in [0.29, 0.717) is 9.23 Å². The third-order valence-corrected chi connectivity index (χ3v) is 6.93. The standard InChI is InChI=1S/C26H19NOS2/c1-16-11-12-20(13-17(16)2)27-25(28)24(30-26(27)29)15-23-21-9-5-3-7-18(21)14-19-8-4-6-10-22(19)23/h3-15H,1-2H3/b24-15-. The molecule has 1 amide bonds. The number of benzene rings is 4. The van der Waals surface area contributed by atoms with Crippen molar-refractivity contribution in [3.63, 3.8) is 0 Å². The number of carbonyl (C=O) groups is 1. The molecule has 30 heavy (non-hydrogen) atoms. The van der Waals surface area contributed by atoms with Crippen LogP contribution in [0.25, 0.3) is 27.6 Å². The van der Waals surface area contributed by atoms with Crippen molar-refractivity contribution in [2.24, 2.45) is 0 Å². The highest BCUT2D eigenvalue weighted by Gasteiger charge is 2.33. The van der Waals surface area contributed by atoms with Gasteiger partial charge in [-0.15, -0.1) is 0 Å². The lowest BCUT2D eigenvalue weighted by Gasteiger charge is -2.16. The summed E-state index contributed by atoms with van der Waals surface area (Å²) in [6, 6.07) is 24.8. The predicted octanol–water partition coefficient (Wildman–Crippen LogP) is 7.02. The fourth-order valence-corrected chi connectivity index (χ4v) is 5.17. The van der Waals surface area contributed by atoms with Crippen LogP contribution < -0.4 is 4.90 Å². The lowest BCUT2D eigenvalue weighted by Crippen LogP contribution is -2.27. The van der Waals surface area contributed by atoms with Crippen molar-refractivity contribution in [3.8, 4) is 0 Å². The molecule has 4 aromatic rings. The average Bonchev–Trinajstić information content (AvgIpc) is 3.03. The summed E-state index contributed by atoms with van der Waals surface area (Å²) in [4.78, 5) is 15.6. The smallest absolute Gasteiger partial charge is 0.268 e. The van der Waals surface area contributed by atoms with Gasteiger partial charge in [0.1, 0.15) is 0 Å². The Bertz CT molecular complexity index is 1330. The molecule has 0 spiro atoms. The van der Waals surface area contributed by atoms with Crippen LogP contribution in [0.3, 0.4) is 0 Å². The van der Waals surface area contributed by atoms with E-state index < -0.39 is 0 Å². The maximum Gasteiger partial charge on any atom is 0.270 e. The summed E-state index contributed by atoms with van der Waals surface area (Å²) in [5.41, 5.74) is 4.23. The SMILES string of the molecule is Cc1ccc(N2C(=O)/C(=C/c3c4ccccc4cc4ccccc34)SC2=S)cc1C. The van der Waals surface area contributed by atoms with Gasteiger partial charge in [-0.05, 0) is 76.4 Å². The van der Waals surface area contributed by atoms with Gasteiger partial charge in [-0.1, -0.05) is 78.6 Å². The van der Waals surface area contributed by atoms with E-state index in [-0.39, 0.29) is 5.91 Å². The van der Waals surface area contributed by atoms with Crippen molar-refractivity contribution in [3.05, 3.63) is 94.4 Å². The number of fused-ring (bicyclic) bond motifs is 2. The van der Waals surface area contributed by atoms with E-state index >= 15 is 0 Å². The van der Waals surface area contributed by atoms with Crippen molar-refractivity contribution in [2.45, 2.75) is 13.8 Å². The first-order chi connectivity index (χ1) is 14.5. The first-order valence-electron chi connectivity index (χ1n) is 9.78. The summed E-state index contributed by atoms with van der Waals surface area (Å²) in [5.74, 6) is -0.0646. The van der Waals surface area contributed by atoms with Crippen molar-refractivity contribution in [2.75, 3.05) is 4.90 Å². The van der Waals surface area contributed by atoms with E-state index in [2.05, 4.69) is 44.2 Å². The van der Waals surface area contributed by atoms with Gasteiger partial charge in [-0.3, -0.25) is 9.69 Å². The Morgan fingerprint density at radius 2 is 1.47 bits per heavy atom. The Morgan fingerprint density at radius 3 is 2.10 bits per heavy atom. The zero-order valence-corrected chi connectivity index (χ0v) is 18.3. The first-order valence-corrected chi connectivity index (χ1v) is 11.0. The van der Waals surface area contributed by atoms with Gasteiger partial charge in [-0.2, -0.15) is 0 Å². The van der Waals surface area contributed by atoms with Crippen LogP contribution in [0.15, 0.2) is 77.7 Å². The Kier molecular flexibility index (Phi) is 4.69. The molecule has 146 valence electrons. The molecule has 0 N–H and O–H groups in total. The van der Waals surface area contributed by atoms with Crippen LogP contribution in [-0.4, -0.2) is 10.2 Å². The van der Waals surface area contributed by atoms with E-state index in [1.165, 1.54) is 17.3 Å². The van der Waals surface area contributed by atoms with Gasteiger partial charge in [0.15, 0.2) is 4.32 Å². The molecule has 0 aliphatic carbocycles. The molecule has 0 unspecified atom stereocenters. The molecule has 5 rings (SSSR count). The van der Waals surface area contributed by atoms with Crippen molar-refractivity contribution < 1.29 is 4.79 Å². The molecule has 0 radical (unpaired) electrons. The lowest BCUT2D eigenvalue weighted by molar-refractivity contribution is -0.113. The van der Waals surface area contributed by atoms with E-state index in [0.717, 1.165) is 38.4 Å². The fraction of sp³-hybridized carbons (Fsp3) is 0.0769. The van der Waals surface area contributed by atoms with Crippen molar-refractivity contribution in [1.29, 1.82) is 0 Å². The van der Waals surface area contributed by atoms with Crippen LogP contribution in [-0.2, 0) is 4.79 Å². The molecule has 0 aromatic heterocycles. The van der Waals surface area contributed by atoms with Gasteiger partial charge in [0.2, 0.25) is 0 Å². The predicted molar refractivity (Wildman–Crippen MR) is 133 cm³/mol. The van der Waals surface area contributed by atoms with Crippen LogP contribution in [0.4, 0.5) is 5.69 Å². The third kappa shape index (κ3) is 3.13. The number of aryl methyl sites for hydroxylation is 2. The largest absolute Gasteiger partial charge is 0.270 e. The van der Waals surface area contributed by atoms with Crippen molar-refractivity contribution in [1.82, 2.24) is 0 Å². The van der Waals surface area contributed by atoms with Gasteiger partial charge in [0, 0.05) is 0 Å². The molecule has 1 aliphatic rings. The van der Waals surface area contributed by atoms with E-state index in [9.17, 15) is 4.79 Å². The maximum atomic E-state index is 13.3. The van der Waals surface area contributed by atoms with Crippen LogP contribution in [0, 0.1) is 13.8 Å². The molecule has 4 aromatic carbocycles. The number of nitrogens with zero attached hydrogens (tertiary/aromatic N) is 1. The minimum atomic E-state index is -0.0646. The van der Waals surface area contributed by atoms with E-state index in [1.54, 1.807) is 4.90 Å². The molecule has 1 saturated heterocycles. The lowest BCUT2D eigenvalue weighted by atomic mass is 9.96. The second kappa shape index (κ2) is 7.38. The Labute approximate surface area is 185 Å². The summed E-state index contributed by atoms with van der Waals surface area (Å²) in [6.07, 6.45) is 2.00. The number of hydrogen-bond acceptors (Lipinski definition) is 3. The zero-order valence-electron chi connectivity index (χ0n) is 16.7. The summed E-state index contributed by atoms with van der Waals surface area (Å²) in [5, 5.41) is 4.58. The number of carbonyl (C=O) groups excluding carboxylic acids is 1. The molecule has 1 heterocycles. The normalized spacial score (nSPS) is 15.7. The molecular formula is C26H19NOS2. The van der Waals surface area contributed by atoms with E-state index in [4.69, 9.17) is 12.2 Å². The summed E-state index contributed by atoms with van der Waals surface area (Å²) >= 11 is 6.96. The summed E-state index contributed by atoms with van der Waals surface area (Å²) in [7, 11) is 0. The van der Waals surface area contributed by atoms with E-state index in [1.807, 2.05) is 48.5 Å². The Hall–Kier alpha value is -2.95. The van der Waals surface area contributed by atoms with Crippen LogP contribution in [0.1, 0.15) is 16.7 Å². The number of thiocarbonyl (C=S) groups is 1. The molecule has 0 saturated carbocycles. The molecule has 1 aliphatic heterocycles. The van der Waals surface area contributed by atoms with Gasteiger partial charge in [0.25, 0.3) is 5.91 Å².